The van der Waals surface area contributed by atoms with Crippen LogP contribution in [0, 0.1) is 0 Å². The van der Waals surface area contributed by atoms with Crippen molar-refractivity contribution in [2.75, 3.05) is 20.6 Å². The fourth-order valence-corrected chi connectivity index (χ4v) is 1.98. The lowest BCUT2D eigenvalue weighted by molar-refractivity contribution is 0.792. The van der Waals surface area contributed by atoms with Gasteiger partial charge in [-0.15, -0.1) is 0 Å². The van der Waals surface area contributed by atoms with Crippen LogP contribution >= 0.6 is 23.2 Å². The molecule has 0 atom stereocenters. The Morgan fingerprint density at radius 1 is 0.714 bits per heavy atom. The van der Waals surface area contributed by atoms with Gasteiger partial charge in [0.25, 0.3) is 0 Å². The van der Waals surface area contributed by atoms with Crippen molar-refractivity contribution in [3.8, 4) is 0 Å². The summed E-state index contributed by atoms with van der Waals surface area (Å²) in [6.07, 6.45) is 1.06. The Bertz CT molecular complexity index is 495. The van der Waals surface area contributed by atoms with Crippen molar-refractivity contribution in [1.82, 2.24) is 10.6 Å². The van der Waals surface area contributed by atoms with Crippen LogP contribution < -0.4 is 10.6 Å². The first-order chi connectivity index (χ1) is 10.2. The minimum absolute atomic E-state index is 0.792. The highest BCUT2D eigenvalue weighted by molar-refractivity contribution is 6.30. The fourth-order valence-electron chi connectivity index (χ4n) is 1.73. The van der Waals surface area contributed by atoms with E-state index in [2.05, 4.69) is 22.8 Å². The van der Waals surface area contributed by atoms with Crippen LogP contribution in [0.25, 0.3) is 0 Å². The Kier molecular flexibility index (Phi) is 9.11. The average Bonchev–Trinajstić information content (AvgIpc) is 2.50. The predicted octanol–water partition coefficient (Wildman–Crippen LogP) is 4.16. The second-order valence-corrected chi connectivity index (χ2v) is 5.51. The lowest BCUT2D eigenvalue weighted by atomic mass is 10.1. The van der Waals surface area contributed by atoms with Crippen molar-refractivity contribution in [1.29, 1.82) is 0 Å². The first-order valence-electron chi connectivity index (χ1n) is 6.93. The van der Waals surface area contributed by atoms with E-state index < -0.39 is 0 Å². The summed E-state index contributed by atoms with van der Waals surface area (Å²) in [5, 5.41) is 7.75. The van der Waals surface area contributed by atoms with Crippen molar-refractivity contribution < 1.29 is 0 Å². The van der Waals surface area contributed by atoms with E-state index in [1.807, 2.05) is 50.5 Å². The Morgan fingerprint density at radius 3 is 1.62 bits per heavy atom. The third kappa shape index (κ3) is 8.08. The normalized spacial score (nSPS) is 9.90. The quantitative estimate of drug-likeness (QED) is 0.862. The first-order valence-corrected chi connectivity index (χ1v) is 7.69. The molecule has 2 aromatic carbocycles. The summed E-state index contributed by atoms with van der Waals surface area (Å²) in [5.41, 5.74) is 2.58. The molecule has 0 amide bonds. The van der Waals surface area contributed by atoms with Gasteiger partial charge >= 0.3 is 0 Å². The maximum Gasteiger partial charge on any atom is 0.0406 e. The Labute approximate surface area is 137 Å². The van der Waals surface area contributed by atoms with E-state index in [0.29, 0.717) is 0 Å². The zero-order valence-corrected chi connectivity index (χ0v) is 14.0. The molecule has 0 aliphatic carbocycles. The Hall–Kier alpha value is -1.06. The number of hydrogen-bond acceptors (Lipinski definition) is 2. The molecule has 0 aliphatic heterocycles. The molecule has 2 rings (SSSR count). The summed E-state index contributed by atoms with van der Waals surface area (Å²) in [6.45, 7) is 1.92. The zero-order valence-electron chi connectivity index (χ0n) is 12.5. The molecule has 0 unspecified atom stereocenters. The van der Waals surface area contributed by atoms with Crippen LogP contribution in [0.15, 0.2) is 48.5 Å². The molecule has 21 heavy (non-hydrogen) atoms. The van der Waals surface area contributed by atoms with Gasteiger partial charge in [-0.25, -0.2) is 0 Å². The minimum atomic E-state index is 0.792. The van der Waals surface area contributed by atoms with Crippen molar-refractivity contribution in [3.05, 3.63) is 69.7 Å². The number of likely N-dealkylation sites (N-methyl/N-ethyl adjacent to an activating group) is 1. The fraction of sp³-hybridized carbons (Fsp3) is 0.294. The lowest BCUT2D eigenvalue weighted by Gasteiger charge is -1.99. The summed E-state index contributed by atoms with van der Waals surface area (Å²) in [6, 6.07) is 15.8. The molecule has 0 heterocycles. The number of hydrogen-bond donors (Lipinski definition) is 2. The molecule has 0 aliphatic rings. The first kappa shape index (κ1) is 18.0. The molecule has 2 nitrogen and oxygen atoms in total. The molecule has 0 aromatic heterocycles. The molecule has 0 radical (unpaired) electrons. The molecule has 2 N–H and O–H groups in total. The maximum absolute atomic E-state index is 5.73. The summed E-state index contributed by atoms with van der Waals surface area (Å²) in [5.74, 6) is 0. The van der Waals surface area contributed by atoms with Gasteiger partial charge < -0.3 is 10.6 Å². The van der Waals surface area contributed by atoms with E-state index in [0.717, 1.165) is 29.6 Å². The van der Waals surface area contributed by atoms with Crippen LogP contribution in [0.2, 0.25) is 10.0 Å². The number of nitrogens with one attached hydrogen (secondary N) is 2. The van der Waals surface area contributed by atoms with E-state index in [9.17, 15) is 0 Å². The highest BCUT2D eigenvalue weighted by Gasteiger charge is 1.90. The second kappa shape index (κ2) is 10.6. The monoisotopic (exact) mass is 324 g/mol. The van der Waals surface area contributed by atoms with Crippen molar-refractivity contribution in [2.45, 2.75) is 13.0 Å². The number of benzene rings is 2. The smallest absolute Gasteiger partial charge is 0.0406 e. The van der Waals surface area contributed by atoms with Crippen LogP contribution in [0.3, 0.4) is 0 Å². The van der Waals surface area contributed by atoms with E-state index >= 15 is 0 Å². The summed E-state index contributed by atoms with van der Waals surface area (Å²) in [7, 11) is 3.88. The van der Waals surface area contributed by atoms with Crippen molar-refractivity contribution in [3.63, 3.8) is 0 Å². The Morgan fingerprint density at radius 2 is 1.19 bits per heavy atom. The SMILES string of the molecule is CNCCc1ccc(Cl)cc1.CNCc1ccc(Cl)cc1. The van der Waals surface area contributed by atoms with Gasteiger partial charge in [0, 0.05) is 16.6 Å². The van der Waals surface area contributed by atoms with Crippen molar-refractivity contribution >= 4 is 23.2 Å². The molecule has 0 saturated heterocycles. The largest absolute Gasteiger partial charge is 0.319 e. The minimum Gasteiger partial charge on any atom is -0.319 e. The van der Waals surface area contributed by atoms with Gasteiger partial charge in [0.1, 0.15) is 0 Å². The Balaban J connectivity index is 0.000000211. The van der Waals surface area contributed by atoms with Gasteiger partial charge in [0.2, 0.25) is 0 Å². The molecule has 2 aromatic rings. The topological polar surface area (TPSA) is 24.1 Å². The predicted molar refractivity (Wildman–Crippen MR) is 93.3 cm³/mol. The third-order valence-electron chi connectivity index (χ3n) is 2.87. The van der Waals surface area contributed by atoms with Gasteiger partial charge in [-0.1, -0.05) is 47.5 Å². The molecular formula is C17H22Cl2N2. The summed E-state index contributed by atoms with van der Waals surface area (Å²) in [4.78, 5) is 0. The second-order valence-electron chi connectivity index (χ2n) is 4.64. The highest BCUT2D eigenvalue weighted by Crippen LogP contribution is 2.09. The van der Waals surface area contributed by atoms with Crippen LogP contribution in [-0.4, -0.2) is 20.6 Å². The lowest BCUT2D eigenvalue weighted by Crippen LogP contribution is -2.09. The van der Waals surface area contributed by atoms with E-state index in [1.54, 1.807) is 0 Å². The molecule has 4 heteroatoms. The summed E-state index contributed by atoms with van der Waals surface area (Å²) >= 11 is 11.4. The van der Waals surface area contributed by atoms with Gasteiger partial charge in [-0.3, -0.25) is 0 Å². The van der Waals surface area contributed by atoms with Gasteiger partial charge in [0.15, 0.2) is 0 Å². The van der Waals surface area contributed by atoms with E-state index in [1.165, 1.54) is 11.1 Å². The third-order valence-corrected chi connectivity index (χ3v) is 3.38. The van der Waals surface area contributed by atoms with Gasteiger partial charge in [-0.2, -0.15) is 0 Å². The molecule has 0 fully saturated rings. The maximum atomic E-state index is 5.73. The molecule has 0 bridgehead atoms. The highest BCUT2D eigenvalue weighted by atomic mass is 35.5. The molecule has 0 saturated carbocycles. The van der Waals surface area contributed by atoms with E-state index in [-0.39, 0.29) is 0 Å². The van der Waals surface area contributed by atoms with Gasteiger partial charge in [-0.05, 0) is 62.5 Å². The van der Waals surface area contributed by atoms with E-state index in [4.69, 9.17) is 23.2 Å². The number of rotatable bonds is 5. The zero-order chi connectivity index (χ0) is 15.5. The molecular weight excluding hydrogens is 303 g/mol. The van der Waals surface area contributed by atoms with Crippen molar-refractivity contribution in [2.24, 2.45) is 0 Å². The van der Waals surface area contributed by atoms with Crippen LogP contribution in [0.4, 0.5) is 0 Å². The average molecular weight is 325 g/mol. The standard InChI is InChI=1S/C9H12ClN.C8H10ClN/c1-11-7-6-8-2-4-9(10)5-3-8;1-10-6-7-2-4-8(9)5-3-7/h2-5,11H,6-7H2,1H3;2-5,10H,6H2,1H3. The summed E-state index contributed by atoms with van der Waals surface area (Å²) < 4.78 is 0. The van der Waals surface area contributed by atoms with Crippen LogP contribution in [-0.2, 0) is 13.0 Å². The van der Waals surface area contributed by atoms with Crippen LogP contribution in [0.1, 0.15) is 11.1 Å². The molecule has 114 valence electrons. The molecule has 0 spiro atoms. The van der Waals surface area contributed by atoms with Crippen LogP contribution in [0.5, 0.6) is 0 Å². The van der Waals surface area contributed by atoms with Gasteiger partial charge in [0.05, 0.1) is 0 Å². The number of halogens is 2.